The number of likely N-dealkylation sites (tertiary alicyclic amines) is 1. The van der Waals surface area contributed by atoms with E-state index in [0.717, 1.165) is 37.4 Å². The average molecular weight is 428 g/mol. The van der Waals surface area contributed by atoms with Gasteiger partial charge in [0.2, 0.25) is 5.91 Å². The van der Waals surface area contributed by atoms with Crippen molar-refractivity contribution < 1.29 is 19.4 Å². The second-order valence-corrected chi connectivity index (χ2v) is 10.00. The molecule has 0 radical (unpaired) electrons. The van der Waals surface area contributed by atoms with E-state index in [4.69, 9.17) is 10.5 Å². The largest absolute Gasteiger partial charge is 0.508 e. The van der Waals surface area contributed by atoms with Crippen molar-refractivity contribution in [3.05, 3.63) is 29.3 Å². The fourth-order valence-corrected chi connectivity index (χ4v) is 6.78. The number of carbonyl (C=O) groups is 2. The fourth-order valence-electron chi connectivity index (χ4n) is 6.78. The molecule has 1 aromatic carbocycles. The van der Waals surface area contributed by atoms with E-state index >= 15 is 0 Å². The number of phenolic OH excluding ortho intramolecular Hbond substituents is 1. The smallest absolute Gasteiger partial charge is 0.303 e. The van der Waals surface area contributed by atoms with Gasteiger partial charge >= 0.3 is 5.97 Å². The summed E-state index contributed by atoms with van der Waals surface area (Å²) >= 11 is 0. The second kappa shape index (κ2) is 7.48. The third-order valence-corrected chi connectivity index (χ3v) is 8.11. The van der Waals surface area contributed by atoms with Crippen LogP contribution in [-0.4, -0.2) is 59.7 Å². The third-order valence-electron chi connectivity index (χ3n) is 8.11. The van der Waals surface area contributed by atoms with Crippen molar-refractivity contribution in [1.29, 1.82) is 0 Å². The average Bonchev–Trinajstić information content (AvgIpc) is 3.47. The first kappa shape index (κ1) is 20.8. The zero-order chi connectivity index (χ0) is 21.8. The Morgan fingerprint density at radius 2 is 2.13 bits per heavy atom. The summed E-state index contributed by atoms with van der Waals surface area (Å²) in [6, 6.07) is 5.66. The number of nitrogens with zero attached hydrogens (tertiary/aromatic N) is 1. The van der Waals surface area contributed by atoms with Gasteiger partial charge in [0.15, 0.2) is 0 Å². The molecule has 168 valence electrons. The van der Waals surface area contributed by atoms with Crippen LogP contribution in [-0.2, 0) is 26.2 Å². The molecule has 1 aromatic rings. The van der Waals surface area contributed by atoms with Crippen molar-refractivity contribution in [3.8, 4) is 5.75 Å². The minimum atomic E-state index is -0.752. The summed E-state index contributed by atoms with van der Waals surface area (Å²) in [5, 5.41) is 13.3. The lowest BCUT2D eigenvalue weighted by molar-refractivity contribution is -0.189. The highest BCUT2D eigenvalue weighted by atomic mass is 16.6. The van der Waals surface area contributed by atoms with Crippen molar-refractivity contribution in [3.63, 3.8) is 0 Å². The number of hydrogen-bond acceptors (Lipinski definition) is 6. The number of carbonyl (C=O) groups excluding carboxylic acids is 2. The van der Waals surface area contributed by atoms with Gasteiger partial charge in [0.25, 0.3) is 0 Å². The predicted octanol–water partition coefficient (Wildman–Crippen LogP) is 1.46. The first-order valence-corrected chi connectivity index (χ1v) is 11.6. The van der Waals surface area contributed by atoms with Crippen LogP contribution in [0.25, 0.3) is 0 Å². The molecule has 4 aliphatic rings. The van der Waals surface area contributed by atoms with Gasteiger partial charge in [-0.3, -0.25) is 14.5 Å². The number of piperidine rings is 1. The van der Waals surface area contributed by atoms with Crippen LogP contribution in [0.5, 0.6) is 5.75 Å². The molecule has 1 aliphatic heterocycles. The number of rotatable bonds is 6. The fraction of sp³-hybridized carbons (Fsp3) is 0.667. The number of esters is 1. The van der Waals surface area contributed by atoms with Gasteiger partial charge < -0.3 is 20.9 Å². The highest BCUT2D eigenvalue weighted by molar-refractivity contribution is 5.80. The number of aromatic hydroxyl groups is 1. The van der Waals surface area contributed by atoms with Gasteiger partial charge in [-0.15, -0.1) is 0 Å². The van der Waals surface area contributed by atoms with Crippen molar-refractivity contribution >= 4 is 11.9 Å². The maximum Gasteiger partial charge on any atom is 0.303 e. The Morgan fingerprint density at radius 3 is 2.84 bits per heavy atom. The van der Waals surface area contributed by atoms with Crippen LogP contribution in [0.15, 0.2) is 18.2 Å². The summed E-state index contributed by atoms with van der Waals surface area (Å²) in [7, 11) is 0. The normalized spacial score (nSPS) is 34.0. The Kier molecular flexibility index (Phi) is 5.01. The van der Waals surface area contributed by atoms with Crippen LogP contribution in [0.1, 0.15) is 50.2 Å². The van der Waals surface area contributed by atoms with Crippen LogP contribution >= 0.6 is 0 Å². The van der Waals surface area contributed by atoms with Gasteiger partial charge in [0, 0.05) is 44.3 Å². The summed E-state index contributed by atoms with van der Waals surface area (Å²) in [6.45, 7) is 4.27. The van der Waals surface area contributed by atoms with Crippen LogP contribution in [0.2, 0.25) is 0 Å². The Bertz CT molecular complexity index is 901. The zero-order valence-corrected chi connectivity index (χ0v) is 18.2. The number of ether oxygens (including phenoxy) is 1. The number of fused-ring (bicyclic) bond motifs is 1. The number of hydrogen-bond donors (Lipinski definition) is 3. The van der Waals surface area contributed by atoms with Crippen molar-refractivity contribution in [2.45, 2.75) is 62.5 Å². The molecule has 0 aromatic heterocycles. The van der Waals surface area contributed by atoms with E-state index in [2.05, 4.69) is 10.2 Å². The molecule has 2 saturated carbocycles. The molecule has 1 saturated heterocycles. The number of nitrogens with one attached hydrogen (secondary N) is 1. The van der Waals surface area contributed by atoms with E-state index in [1.54, 1.807) is 6.07 Å². The molecule has 0 spiro atoms. The van der Waals surface area contributed by atoms with Gasteiger partial charge in [-0.05, 0) is 67.8 Å². The standard InChI is InChI=1S/C24H33N3O4/c1-15(28)31-24-13-18(22(30)26-8-7-25)12-23(24)6-9-27(14-16-2-3-16)21(24)10-17-4-5-19(29)11-20(17)23/h4-5,11,16,18,21,29H,2-3,6-10,12-14,25H2,1H3,(H,26,30)/t18?,21-,23-,24-/m1/s1. The molecule has 3 aliphatic carbocycles. The molecule has 1 unspecified atom stereocenters. The number of nitrogens with two attached hydrogens (primary N) is 1. The molecule has 1 heterocycles. The first-order chi connectivity index (χ1) is 14.9. The van der Waals surface area contributed by atoms with Crippen molar-refractivity contribution in [2.75, 3.05) is 26.2 Å². The minimum absolute atomic E-state index is 0.0122. The monoisotopic (exact) mass is 427 g/mol. The van der Waals surface area contributed by atoms with Crippen LogP contribution in [0.4, 0.5) is 0 Å². The van der Waals surface area contributed by atoms with Gasteiger partial charge in [0.05, 0.1) is 6.04 Å². The number of phenols is 1. The van der Waals surface area contributed by atoms with Gasteiger partial charge in [-0.2, -0.15) is 0 Å². The van der Waals surface area contributed by atoms with E-state index in [1.807, 2.05) is 12.1 Å². The third kappa shape index (κ3) is 3.24. The Balaban J connectivity index is 1.62. The highest BCUT2D eigenvalue weighted by Gasteiger charge is 2.70. The molecule has 4 N–H and O–H groups in total. The Morgan fingerprint density at radius 1 is 1.32 bits per heavy atom. The maximum absolute atomic E-state index is 13.0. The Hall–Kier alpha value is -2.12. The zero-order valence-electron chi connectivity index (χ0n) is 18.2. The minimum Gasteiger partial charge on any atom is -0.508 e. The highest BCUT2D eigenvalue weighted by Crippen LogP contribution is 2.63. The molecule has 3 fully saturated rings. The molecule has 31 heavy (non-hydrogen) atoms. The van der Waals surface area contributed by atoms with E-state index in [-0.39, 0.29) is 29.6 Å². The predicted molar refractivity (Wildman–Crippen MR) is 115 cm³/mol. The quantitative estimate of drug-likeness (QED) is 0.594. The van der Waals surface area contributed by atoms with Crippen molar-refractivity contribution in [2.24, 2.45) is 17.6 Å². The maximum atomic E-state index is 13.0. The van der Waals surface area contributed by atoms with Gasteiger partial charge in [-0.25, -0.2) is 0 Å². The van der Waals surface area contributed by atoms with E-state index < -0.39 is 11.0 Å². The van der Waals surface area contributed by atoms with E-state index in [9.17, 15) is 14.7 Å². The molecular formula is C24H33N3O4. The molecular weight excluding hydrogens is 394 g/mol. The van der Waals surface area contributed by atoms with Crippen LogP contribution < -0.4 is 11.1 Å². The lowest BCUT2D eigenvalue weighted by Gasteiger charge is -2.60. The molecule has 4 atom stereocenters. The first-order valence-electron chi connectivity index (χ1n) is 11.6. The topological polar surface area (TPSA) is 105 Å². The molecule has 2 bridgehead atoms. The van der Waals surface area contributed by atoms with Gasteiger partial charge in [0.1, 0.15) is 11.4 Å². The lowest BCUT2D eigenvalue weighted by Crippen LogP contribution is -2.70. The lowest BCUT2D eigenvalue weighted by atomic mass is 9.56. The van der Waals surface area contributed by atoms with Gasteiger partial charge in [-0.1, -0.05) is 6.07 Å². The SMILES string of the molecule is CC(=O)O[C@@]12CC(C(=O)NCCN)C[C@@]13CCN(CC1CC1)[C@@H]2Cc1ccc(O)cc13. The number of benzene rings is 1. The second-order valence-electron chi connectivity index (χ2n) is 10.00. The van der Waals surface area contributed by atoms with Crippen molar-refractivity contribution in [1.82, 2.24) is 10.2 Å². The van der Waals surface area contributed by atoms with Crippen LogP contribution in [0.3, 0.4) is 0 Å². The molecule has 5 rings (SSSR count). The Labute approximate surface area is 183 Å². The molecule has 1 amide bonds. The summed E-state index contributed by atoms with van der Waals surface area (Å²) in [6.07, 6.45) is 5.27. The summed E-state index contributed by atoms with van der Waals surface area (Å²) in [4.78, 5) is 28.0. The molecule has 7 nitrogen and oxygen atoms in total. The van der Waals surface area contributed by atoms with E-state index in [0.29, 0.717) is 25.9 Å². The molecule has 7 heteroatoms. The summed E-state index contributed by atoms with van der Waals surface area (Å²) in [5.74, 6) is 0.395. The number of amides is 1. The summed E-state index contributed by atoms with van der Waals surface area (Å²) in [5.41, 5.74) is 6.65. The van der Waals surface area contributed by atoms with E-state index in [1.165, 1.54) is 25.3 Å². The summed E-state index contributed by atoms with van der Waals surface area (Å²) < 4.78 is 6.31. The van der Waals surface area contributed by atoms with Crippen LogP contribution in [0, 0.1) is 11.8 Å².